The molecule has 3 aromatic rings. The summed E-state index contributed by atoms with van der Waals surface area (Å²) in [5.41, 5.74) is 1.39. The molecule has 21 heavy (non-hydrogen) atoms. The zero-order valence-corrected chi connectivity index (χ0v) is 12.4. The fraction of sp³-hybridized carbons (Fsp3) is 0.0714. The molecule has 0 fully saturated rings. The number of benzene rings is 2. The van der Waals surface area contributed by atoms with E-state index < -0.39 is 11.6 Å². The number of nitrogens with one attached hydrogen (secondary N) is 1. The number of imidazole rings is 1. The van der Waals surface area contributed by atoms with Gasteiger partial charge in [-0.3, -0.25) is 4.57 Å². The molecule has 3 nitrogen and oxygen atoms in total. The van der Waals surface area contributed by atoms with E-state index in [9.17, 15) is 8.78 Å². The second-order valence-electron chi connectivity index (χ2n) is 4.37. The zero-order valence-electron chi connectivity index (χ0n) is 10.8. The fourth-order valence-corrected chi connectivity index (χ4v) is 2.67. The first-order valence-corrected chi connectivity index (χ1v) is 6.73. The summed E-state index contributed by atoms with van der Waals surface area (Å²) >= 11 is 11.3. The molecule has 3 rings (SSSR count). The van der Waals surface area contributed by atoms with Crippen molar-refractivity contribution >= 4 is 34.9 Å². The lowest BCUT2D eigenvalue weighted by Gasteiger charge is -2.08. The first-order chi connectivity index (χ1) is 10.0. The monoisotopic (exact) mass is 326 g/mol. The Kier molecular flexibility index (Phi) is 3.43. The largest absolute Gasteiger partial charge is 0.494 e. The van der Waals surface area contributed by atoms with Gasteiger partial charge in [0, 0.05) is 12.1 Å². The molecule has 0 atom stereocenters. The summed E-state index contributed by atoms with van der Waals surface area (Å²) in [5, 5.41) is 0.330. The average Bonchev–Trinajstić information content (AvgIpc) is 2.75. The van der Waals surface area contributed by atoms with Gasteiger partial charge in [0.25, 0.3) is 0 Å². The summed E-state index contributed by atoms with van der Waals surface area (Å²) in [5.74, 6) is -0.892. The lowest BCUT2D eigenvalue weighted by atomic mass is 10.2. The zero-order chi connectivity index (χ0) is 15.1. The molecule has 2 aromatic carbocycles. The Morgan fingerprint density at radius 2 is 2.00 bits per heavy atom. The maximum atomic E-state index is 13.7. The second-order valence-corrected chi connectivity index (χ2v) is 5.16. The van der Waals surface area contributed by atoms with Gasteiger partial charge in [-0.1, -0.05) is 11.6 Å². The highest BCUT2D eigenvalue weighted by molar-refractivity contribution is 7.71. The van der Waals surface area contributed by atoms with Gasteiger partial charge in [0.15, 0.2) is 16.3 Å². The number of methoxy groups -OCH3 is 1. The van der Waals surface area contributed by atoms with Crippen molar-refractivity contribution in [2.24, 2.45) is 0 Å². The SMILES string of the molecule is COc1cc2c(cc1F)[nH]c(=S)n2-c1cc(F)ccc1Cl. The van der Waals surface area contributed by atoms with Gasteiger partial charge in [-0.15, -0.1) is 0 Å². The van der Waals surface area contributed by atoms with E-state index >= 15 is 0 Å². The Morgan fingerprint density at radius 1 is 1.24 bits per heavy atom. The summed E-state index contributed by atoms with van der Waals surface area (Å²) in [6.45, 7) is 0. The van der Waals surface area contributed by atoms with E-state index in [1.54, 1.807) is 0 Å². The van der Waals surface area contributed by atoms with Crippen molar-refractivity contribution in [3.05, 3.63) is 51.8 Å². The molecule has 0 amide bonds. The van der Waals surface area contributed by atoms with Crippen molar-refractivity contribution in [3.8, 4) is 11.4 Å². The number of halogens is 3. The smallest absolute Gasteiger partial charge is 0.182 e. The summed E-state index contributed by atoms with van der Waals surface area (Å²) < 4.78 is 34.0. The minimum Gasteiger partial charge on any atom is -0.494 e. The number of fused-ring (bicyclic) bond motifs is 1. The Balaban J connectivity index is 2.39. The van der Waals surface area contributed by atoms with Crippen LogP contribution >= 0.6 is 23.8 Å². The molecule has 0 aliphatic carbocycles. The van der Waals surface area contributed by atoms with Crippen molar-refractivity contribution in [1.82, 2.24) is 9.55 Å². The number of nitrogens with zero attached hydrogens (tertiary/aromatic N) is 1. The highest BCUT2D eigenvalue weighted by atomic mass is 35.5. The summed E-state index contributed by atoms with van der Waals surface area (Å²) in [4.78, 5) is 2.87. The number of hydrogen-bond acceptors (Lipinski definition) is 2. The summed E-state index contributed by atoms with van der Waals surface area (Å²) in [6.07, 6.45) is 0. The predicted octanol–water partition coefficient (Wildman–Crippen LogP) is 4.63. The lowest BCUT2D eigenvalue weighted by molar-refractivity contribution is 0.387. The molecule has 1 heterocycles. The quantitative estimate of drug-likeness (QED) is 0.696. The van der Waals surface area contributed by atoms with Crippen molar-refractivity contribution in [1.29, 1.82) is 0 Å². The predicted molar refractivity (Wildman–Crippen MR) is 79.9 cm³/mol. The van der Waals surface area contributed by atoms with Gasteiger partial charge < -0.3 is 9.72 Å². The van der Waals surface area contributed by atoms with E-state index in [1.165, 1.54) is 42.0 Å². The van der Waals surface area contributed by atoms with Gasteiger partial charge in [0.2, 0.25) is 0 Å². The van der Waals surface area contributed by atoms with Crippen LogP contribution in [-0.2, 0) is 0 Å². The molecule has 1 N–H and O–H groups in total. The second kappa shape index (κ2) is 5.13. The average molecular weight is 327 g/mol. The van der Waals surface area contributed by atoms with E-state index in [1.807, 2.05) is 0 Å². The minimum atomic E-state index is -0.515. The number of aromatic nitrogens is 2. The van der Waals surface area contributed by atoms with Crippen LogP contribution in [0, 0.1) is 16.4 Å². The van der Waals surface area contributed by atoms with Gasteiger partial charge >= 0.3 is 0 Å². The topological polar surface area (TPSA) is 29.9 Å². The molecule has 0 spiro atoms. The minimum absolute atomic E-state index is 0.0674. The van der Waals surface area contributed by atoms with Crippen LogP contribution in [0.25, 0.3) is 16.7 Å². The number of rotatable bonds is 2. The first kappa shape index (κ1) is 14.0. The van der Waals surface area contributed by atoms with Gasteiger partial charge in [0.05, 0.1) is 28.9 Å². The molecule has 0 unspecified atom stereocenters. The molecular weight excluding hydrogens is 318 g/mol. The summed E-state index contributed by atoms with van der Waals surface area (Å²) in [6, 6.07) is 6.71. The van der Waals surface area contributed by atoms with Gasteiger partial charge in [-0.25, -0.2) is 8.78 Å². The molecule has 0 aliphatic heterocycles. The number of H-pyrrole nitrogens is 1. The molecule has 7 heteroatoms. The van der Waals surface area contributed by atoms with E-state index in [0.717, 1.165) is 0 Å². The van der Waals surface area contributed by atoms with Crippen molar-refractivity contribution in [2.45, 2.75) is 0 Å². The Morgan fingerprint density at radius 3 is 2.71 bits per heavy atom. The van der Waals surface area contributed by atoms with E-state index in [-0.39, 0.29) is 10.5 Å². The van der Waals surface area contributed by atoms with Gasteiger partial charge in [-0.05, 0) is 30.4 Å². The first-order valence-electron chi connectivity index (χ1n) is 5.95. The van der Waals surface area contributed by atoms with Crippen LogP contribution in [-0.4, -0.2) is 16.7 Å². The lowest BCUT2D eigenvalue weighted by Crippen LogP contribution is -1.97. The van der Waals surface area contributed by atoms with E-state index in [2.05, 4.69) is 4.98 Å². The Bertz CT molecular complexity index is 904. The van der Waals surface area contributed by atoms with Crippen LogP contribution in [0.3, 0.4) is 0 Å². The van der Waals surface area contributed by atoms with Crippen molar-refractivity contribution < 1.29 is 13.5 Å². The van der Waals surface area contributed by atoms with Crippen LogP contribution in [0.5, 0.6) is 5.75 Å². The molecule has 0 radical (unpaired) electrons. The fourth-order valence-electron chi connectivity index (χ4n) is 2.16. The molecule has 0 bridgehead atoms. The van der Waals surface area contributed by atoms with Crippen molar-refractivity contribution in [2.75, 3.05) is 7.11 Å². The third-order valence-electron chi connectivity index (χ3n) is 3.10. The molecule has 0 saturated carbocycles. The van der Waals surface area contributed by atoms with Crippen LogP contribution in [0.4, 0.5) is 8.78 Å². The Hall–Kier alpha value is -1.92. The van der Waals surface area contributed by atoms with Crippen LogP contribution in [0.2, 0.25) is 5.02 Å². The van der Waals surface area contributed by atoms with Crippen LogP contribution in [0.15, 0.2) is 30.3 Å². The summed E-state index contributed by atoms with van der Waals surface area (Å²) in [7, 11) is 1.37. The van der Waals surface area contributed by atoms with Crippen LogP contribution < -0.4 is 4.74 Å². The van der Waals surface area contributed by atoms with E-state index in [0.29, 0.717) is 21.7 Å². The Labute approximate surface area is 128 Å². The molecular formula is C14H9ClF2N2OS. The van der Waals surface area contributed by atoms with Gasteiger partial charge in [0.1, 0.15) is 5.82 Å². The third-order valence-corrected chi connectivity index (χ3v) is 3.71. The third kappa shape index (κ3) is 2.30. The maximum absolute atomic E-state index is 13.7. The molecule has 0 aliphatic rings. The number of hydrogen-bond donors (Lipinski definition) is 1. The van der Waals surface area contributed by atoms with Crippen molar-refractivity contribution in [3.63, 3.8) is 0 Å². The number of ether oxygens (including phenoxy) is 1. The standard InChI is InChI=1S/C14H9ClF2N2OS/c1-20-13-6-12-10(5-9(13)17)18-14(21)19(12)11-4-7(16)2-3-8(11)15/h2-6H,1H3,(H,18,21). The van der Waals surface area contributed by atoms with Gasteiger partial charge in [-0.2, -0.15) is 0 Å². The highest BCUT2D eigenvalue weighted by Gasteiger charge is 2.14. The normalized spacial score (nSPS) is 11.0. The molecule has 108 valence electrons. The maximum Gasteiger partial charge on any atom is 0.182 e. The van der Waals surface area contributed by atoms with Crippen LogP contribution in [0.1, 0.15) is 0 Å². The molecule has 1 aromatic heterocycles. The number of aromatic amines is 1. The van der Waals surface area contributed by atoms with E-state index in [4.69, 9.17) is 28.6 Å². The molecule has 0 saturated heterocycles. The highest BCUT2D eigenvalue weighted by Crippen LogP contribution is 2.29.